The predicted molar refractivity (Wildman–Crippen MR) is 107 cm³/mol. The van der Waals surface area contributed by atoms with Gasteiger partial charge in [-0.15, -0.1) is 0 Å². The van der Waals surface area contributed by atoms with E-state index >= 15 is 0 Å². The Morgan fingerprint density at radius 1 is 1.18 bits per heavy atom. The molecule has 3 heterocycles. The van der Waals surface area contributed by atoms with Gasteiger partial charge in [-0.25, -0.2) is 9.37 Å². The number of fused-ring (bicyclic) bond motifs is 1. The fourth-order valence-electron chi connectivity index (χ4n) is 3.74. The quantitative estimate of drug-likeness (QED) is 0.632. The molecule has 0 unspecified atom stereocenters. The molecule has 1 saturated heterocycles. The summed E-state index contributed by atoms with van der Waals surface area (Å²) in [5, 5.41) is 0. The molecule has 146 valence electrons. The first-order valence-electron chi connectivity index (χ1n) is 9.62. The summed E-state index contributed by atoms with van der Waals surface area (Å²) in [5.41, 5.74) is 4.65. The zero-order valence-corrected chi connectivity index (χ0v) is 16.2. The Bertz CT molecular complexity index is 1020. The minimum atomic E-state index is -0.242. The maximum atomic E-state index is 14.6. The summed E-state index contributed by atoms with van der Waals surface area (Å²) in [6.07, 6.45) is 2.70. The van der Waals surface area contributed by atoms with E-state index in [1.165, 1.54) is 0 Å². The van der Waals surface area contributed by atoms with E-state index in [2.05, 4.69) is 4.98 Å². The highest BCUT2D eigenvalue weighted by Gasteiger charge is 2.18. The standard InChI is InChI=1S/C22H24FN3O2/c1-15-7-8-26-21(13-15)24-16(2)22(26)20(27)6-4-17-3-5-19(18(23)14-17)25-9-11-28-12-10-25/h3,5,7-8,13-14H,4,6,9-12H2,1-2H3. The number of halogens is 1. The van der Waals surface area contributed by atoms with Crippen molar-refractivity contribution in [1.82, 2.24) is 9.38 Å². The fourth-order valence-corrected chi connectivity index (χ4v) is 3.74. The molecular formula is C22H24FN3O2. The van der Waals surface area contributed by atoms with Crippen LogP contribution in [0.3, 0.4) is 0 Å². The van der Waals surface area contributed by atoms with Crippen LogP contribution in [0.5, 0.6) is 0 Å². The average Bonchev–Trinajstić information content (AvgIpc) is 3.01. The number of rotatable bonds is 5. The van der Waals surface area contributed by atoms with E-state index in [0.717, 1.165) is 22.5 Å². The minimum absolute atomic E-state index is 0.0199. The van der Waals surface area contributed by atoms with Gasteiger partial charge >= 0.3 is 0 Å². The molecule has 1 fully saturated rings. The van der Waals surface area contributed by atoms with Gasteiger partial charge in [-0.1, -0.05) is 6.07 Å². The van der Waals surface area contributed by atoms with Gasteiger partial charge in [0.1, 0.15) is 17.2 Å². The van der Waals surface area contributed by atoms with E-state index < -0.39 is 0 Å². The number of aryl methyl sites for hydroxylation is 3. The lowest BCUT2D eigenvalue weighted by atomic mass is 10.0. The zero-order valence-electron chi connectivity index (χ0n) is 16.2. The van der Waals surface area contributed by atoms with E-state index in [-0.39, 0.29) is 11.6 Å². The second-order valence-electron chi connectivity index (χ2n) is 7.29. The largest absolute Gasteiger partial charge is 0.378 e. The third-order valence-electron chi connectivity index (χ3n) is 5.22. The van der Waals surface area contributed by atoms with Crippen LogP contribution < -0.4 is 4.90 Å². The minimum Gasteiger partial charge on any atom is -0.378 e. The lowest BCUT2D eigenvalue weighted by Gasteiger charge is -2.29. The number of morpholine rings is 1. The van der Waals surface area contributed by atoms with Crippen LogP contribution in [0.15, 0.2) is 36.5 Å². The number of ether oxygens (including phenoxy) is 1. The molecule has 3 aromatic rings. The van der Waals surface area contributed by atoms with Crippen molar-refractivity contribution in [2.24, 2.45) is 0 Å². The summed E-state index contributed by atoms with van der Waals surface area (Å²) in [4.78, 5) is 19.3. The van der Waals surface area contributed by atoms with Gasteiger partial charge in [0.2, 0.25) is 0 Å². The molecule has 1 aromatic carbocycles. The highest BCUT2D eigenvalue weighted by atomic mass is 19.1. The maximum Gasteiger partial charge on any atom is 0.181 e. The van der Waals surface area contributed by atoms with Gasteiger partial charge in [0, 0.05) is 25.7 Å². The molecule has 0 saturated carbocycles. The van der Waals surface area contributed by atoms with Crippen LogP contribution in [0.4, 0.5) is 10.1 Å². The molecule has 0 atom stereocenters. The van der Waals surface area contributed by atoms with Crippen molar-refractivity contribution in [3.63, 3.8) is 0 Å². The number of benzene rings is 1. The first-order chi connectivity index (χ1) is 13.5. The molecule has 2 aromatic heterocycles. The number of ketones is 1. The molecule has 0 radical (unpaired) electrons. The van der Waals surface area contributed by atoms with E-state index in [9.17, 15) is 9.18 Å². The van der Waals surface area contributed by atoms with Crippen molar-refractivity contribution in [2.75, 3.05) is 31.2 Å². The number of aromatic nitrogens is 2. The van der Waals surface area contributed by atoms with E-state index in [0.29, 0.717) is 50.5 Å². The monoisotopic (exact) mass is 381 g/mol. The second kappa shape index (κ2) is 7.72. The lowest BCUT2D eigenvalue weighted by molar-refractivity contribution is 0.0976. The van der Waals surface area contributed by atoms with E-state index in [1.807, 2.05) is 53.6 Å². The van der Waals surface area contributed by atoms with Crippen LogP contribution in [-0.4, -0.2) is 41.5 Å². The van der Waals surface area contributed by atoms with Gasteiger partial charge in [-0.3, -0.25) is 9.20 Å². The Labute approximate surface area is 163 Å². The summed E-state index contributed by atoms with van der Waals surface area (Å²) < 4.78 is 21.7. The summed E-state index contributed by atoms with van der Waals surface area (Å²) in [7, 11) is 0. The van der Waals surface area contributed by atoms with Gasteiger partial charge in [-0.2, -0.15) is 0 Å². The van der Waals surface area contributed by atoms with Gasteiger partial charge in [0.25, 0.3) is 0 Å². The molecule has 1 aliphatic rings. The van der Waals surface area contributed by atoms with Gasteiger partial charge in [0.15, 0.2) is 5.78 Å². The van der Waals surface area contributed by atoms with Crippen molar-refractivity contribution in [1.29, 1.82) is 0 Å². The van der Waals surface area contributed by atoms with Crippen molar-refractivity contribution in [3.8, 4) is 0 Å². The summed E-state index contributed by atoms with van der Waals surface area (Å²) in [5.74, 6) is -0.222. The molecule has 0 N–H and O–H groups in total. The number of nitrogens with zero attached hydrogens (tertiary/aromatic N) is 3. The molecule has 0 spiro atoms. The summed E-state index contributed by atoms with van der Waals surface area (Å²) in [6.45, 7) is 6.48. The second-order valence-corrected chi connectivity index (χ2v) is 7.29. The Hall–Kier alpha value is -2.73. The number of Topliss-reactive ketones (excluding diaryl/α,β-unsaturated/α-hetero) is 1. The Morgan fingerprint density at radius 3 is 2.71 bits per heavy atom. The first-order valence-corrected chi connectivity index (χ1v) is 9.62. The maximum absolute atomic E-state index is 14.6. The third-order valence-corrected chi connectivity index (χ3v) is 5.22. The number of imidazole rings is 1. The average molecular weight is 381 g/mol. The molecule has 6 heteroatoms. The number of carbonyl (C=O) groups is 1. The summed E-state index contributed by atoms with van der Waals surface area (Å²) >= 11 is 0. The smallest absolute Gasteiger partial charge is 0.181 e. The van der Waals surface area contributed by atoms with Gasteiger partial charge in [-0.05, 0) is 55.7 Å². The topological polar surface area (TPSA) is 46.8 Å². The van der Waals surface area contributed by atoms with Crippen molar-refractivity contribution < 1.29 is 13.9 Å². The predicted octanol–water partition coefficient (Wildman–Crippen LogP) is 3.74. The molecule has 28 heavy (non-hydrogen) atoms. The third kappa shape index (κ3) is 3.64. The lowest BCUT2D eigenvalue weighted by Crippen LogP contribution is -2.36. The Kier molecular flexibility index (Phi) is 5.13. The molecule has 0 bridgehead atoms. The van der Waals surface area contributed by atoms with Crippen LogP contribution >= 0.6 is 0 Å². The number of hydrogen-bond donors (Lipinski definition) is 0. The summed E-state index contributed by atoms with van der Waals surface area (Å²) in [6, 6.07) is 9.19. The zero-order chi connectivity index (χ0) is 19.7. The number of anilines is 1. The molecular weight excluding hydrogens is 357 g/mol. The SMILES string of the molecule is Cc1ccn2c(C(=O)CCc3ccc(N4CCOCC4)c(F)c3)c(C)nc2c1. The van der Waals surface area contributed by atoms with Crippen LogP contribution in [0.25, 0.3) is 5.65 Å². The van der Waals surface area contributed by atoms with Crippen LogP contribution in [0.2, 0.25) is 0 Å². The van der Waals surface area contributed by atoms with Crippen LogP contribution in [0, 0.1) is 19.7 Å². The molecule has 0 aliphatic carbocycles. The molecule has 4 rings (SSSR count). The molecule has 5 nitrogen and oxygen atoms in total. The van der Waals surface area contributed by atoms with Crippen LogP contribution in [0.1, 0.15) is 33.7 Å². The van der Waals surface area contributed by atoms with Crippen molar-refractivity contribution >= 4 is 17.1 Å². The normalized spacial score (nSPS) is 14.6. The number of hydrogen-bond acceptors (Lipinski definition) is 4. The van der Waals surface area contributed by atoms with E-state index in [1.54, 1.807) is 6.07 Å². The van der Waals surface area contributed by atoms with Crippen molar-refractivity contribution in [3.05, 3.63) is 64.9 Å². The van der Waals surface area contributed by atoms with E-state index in [4.69, 9.17) is 4.74 Å². The Balaban J connectivity index is 1.48. The highest BCUT2D eigenvalue weighted by Crippen LogP contribution is 2.23. The Morgan fingerprint density at radius 2 is 1.96 bits per heavy atom. The molecule has 0 amide bonds. The number of carbonyl (C=O) groups excluding carboxylic acids is 1. The van der Waals surface area contributed by atoms with Gasteiger partial charge < -0.3 is 9.64 Å². The van der Waals surface area contributed by atoms with Crippen molar-refractivity contribution in [2.45, 2.75) is 26.7 Å². The molecule has 1 aliphatic heterocycles. The first kappa shape index (κ1) is 18.6. The number of pyridine rings is 1. The van der Waals surface area contributed by atoms with Gasteiger partial charge in [0.05, 0.1) is 24.6 Å². The highest BCUT2D eigenvalue weighted by molar-refractivity contribution is 5.96. The fraction of sp³-hybridized carbons (Fsp3) is 0.364. The van der Waals surface area contributed by atoms with Crippen LogP contribution in [-0.2, 0) is 11.2 Å².